The van der Waals surface area contributed by atoms with Crippen LogP contribution in [0.3, 0.4) is 0 Å². The van der Waals surface area contributed by atoms with Gasteiger partial charge in [-0.05, 0) is 20.8 Å². The smallest absolute Gasteiger partial charge is 0.423 e. The normalized spacial score (nSPS) is 15.3. The van der Waals surface area contributed by atoms with Gasteiger partial charge in [-0.2, -0.15) is 13.2 Å². The largest absolute Gasteiger partial charge is 0.456 e. The van der Waals surface area contributed by atoms with Crippen molar-refractivity contribution in [3.63, 3.8) is 0 Å². The van der Waals surface area contributed by atoms with Crippen LogP contribution in [-0.4, -0.2) is 34.9 Å². The second kappa shape index (κ2) is 6.47. The Labute approximate surface area is 111 Å². The van der Waals surface area contributed by atoms with E-state index >= 15 is 0 Å². The molecule has 1 unspecified atom stereocenters. The number of hydrogen-bond acceptors (Lipinski definition) is 3. The van der Waals surface area contributed by atoms with Gasteiger partial charge in [-0.25, -0.2) is 13.6 Å². The maximum atomic E-state index is 12.5. The van der Waals surface area contributed by atoms with Gasteiger partial charge in [0.25, 0.3) is 6.43 Å². The second-order valence-corrected chi connectivity index (χ2v) is 4.83. The highest BCUT2D eigenvalue weighted by Crippen LogP contribution is 2.41. The van der Waals surface area contributed by atoms with E-state index < -0.39 is 36.2 Å². The van der Waals surface area contributed by atoms with Gasteiger partial charge < -0.3 is 9.84 Å². The van der Waals surface area contributed by atoms with Crippen molar-refractivity contribution in [3.8, 4) is 0 Å². The molecule has 0 aliphatic heterocycles. The molecule has 0 bridgehead atoms. The lowest BCUT2D eigenvalue weighted by atomic mass is 9.88. The number of carbonyl (C=O) groups excluding carboxylic acids is 1. The molecule has 1 atom stereocenters. The minimum absolute atomic E-state index is 0. The van der Waals surface area contributed by atoms with Gasteiger partial charge in [0.1, 0.15) is 5.60 Å². The maximum Gasteiger partial charge on any atom is 0.423 e. The molecule has 0 aromatic rings. The lowest BCUT2D eigenvalue weighted by Gasteiger charge is -2.36. The van der Waals surface area contributed by atoms with Crippen molar-refractivity contribution in [1.29, 1.82) is 0 Å². The molecule has 9 heteroatoms. The topological polar surface area (TPSA) is 46.5 Å². The fraction of sp³-hybridized carbons (Fsp3) is 0.727. The van der Waals surface area contributed by atoms with Gasteiger partial charge in [-0.15, -0.1) is 0 Å². The first-order chi connectivity index (χ1) is 8.23. The predicted molar refractivity (Wildman–Crippen MR) is 59.1 cm³/mol. The average molecular weight is 310 g/mol. The fourth-order valence-electron chi connectivity index (χ4n) is 1.32. The Morgan fingerprint density at radius 2 is 1.70 bits per heavy atom. The Morgan fingerprint density at radius 3 is 1.95 bits per heavy atom. The number of esters is 1. The molecular weight excluding hydrogens is 294 g/mol. The summed E-state index contributed by atoms with van der Waals surface area (Å²) in [5.74, 6) is -1.02. The highest BCUT2D eigenvalue weighted by Gasteiger charge is 2.62. The van der Waals surface area contributed by atoms with Gasteiger partial charge >= 0.3 is 12.1 Å². The predicted octanol–water partition coefficient (Wildman–Crippen LogP) is 2.99. The van der Waals surface area contributed by atoms with E-state index in [4.69, 9.17) is 5.11 Å². The van der Waals surface area contributed by atoms with Crippen LogP contribution in [0.2, 0.25) is 0 Å². The van der Waals surface area contributed by atoms with Gasteiger partial charge in [-0.1, -0.05) is 6.58 Å². The van der Waals surface area contributed by atoms with Crippen LogP contribution in [0.4, 0.5) is 26.7 Å². The van der Waals surface area contributed by atoms with Crippen molar-refractivity contribution >= 4 is 5.97 Å². The summed E-state index contributed by atoms with van der Waals surface area (Å²) >= 11 is 0. The van der Waals surface area contributed by atoms with Crippen LogP contribution in [-0.2, 0) is 9.53 Å². The van der Waals surface area contributed by atoms with E-state index in [9.17, 15) is 26.7 Å². The van der Waals surface area contributed by atoms with E-state index in [0.29, 0.717) is 0 Å². The molecule has 0 rings (SSSR count). The third kappa shape index (κ3) is 5.03. The Kier molecular flexibility index (Phi) is 6.81. The molecule has 0 radical (unpaired) electrons. The Morgan fingerprint density at radius 1 is 1.30 bits per heavy atom. The molecule has 120 valence electrons. The number of rotatable bonds is 5. The summed E-state index contributed by atoms with van der Waals surface area (Å²) in [5.41, 5.74) is -6.27. The number of alkyl halides is 5. The van der Waals surface area contributed by atoms with Crippen molar-refractivity contribution in [1.82, 2.24) is 0 Å². The van der Waals surface area contributed by atoms with Crippen molar-refractivity contribution in [2.75, 3.05) is 0 Å². The van der Waals surface area contributed by atoms with Crippen LogP contribution in [0.1, 0.15) is 27.2 Å². The summed E-state index contributed by atoms with van der Waals surface area (Å²) in [4.78, 5) is 11.2. The third-order valence-electron chi connectivity index (χ3n) is 2.26. The van der Waals surface area contributed by atoms with E-state index in [0.717, 1.165) is 13.8 Å². The molecule has 0 amide bonds. The summed E-state index contributed by atoms with van der Waals surface area (Å²) in [5, 5.41) is 9.12. The van der Waals surface area contributed by atoms with Crippen LogP contribution in [0.15, 0.2) is 12.2 Å². The molecular formula is C11H16F6O3. The number of carbonyl (C=O) groups is 1. The molecule has 0 saturated carbocycles. The Hall–Kier alpha value is -1.25. The van der Waals surface area contributed by atoms with Crippen LogP contribution in [0.25, 0.3) is 0 Å². The zero-order valence-corrected chi connectivity index (χ0v) is 11.1. The summed E-state index contributed by atoms with van der Waals surface area (Å²) < 4.78 is 67.0. The van der Waals surface area contributed by atoms with E-state index in [1.54, 1.807) is 0 Å². The van der Waals surface area contributed by atoms with Gasteiger partial charge in [0.15, 0.2) is 0 Å². The molecule has 0 fully saturated rings. The van der Waals surface area contributed by atoms with Crippen molar-refractivity contribution in [2.24, 2.45) is 0 Å². The highest BCUT2D eigenvalue weighted by atomic mass is 19.4. The molecule has 0 aliphatic rings. The monoisotopic (exact) mass is 310 g/mol. The van der Waals surface area contributed by atoms with Crippen LogP contribution < -0.4 is 0 Å². The minimum atomic E-state index is -5.55. The molecule has 20 heavy (non-hydrogen) atoms. The zero-order chi connectivity index (χ0) is 15.6. The Balaban J connectivity index is 0. The van der Waals surface area contributed by atoms with Gasteiger partial charge in [0.2, 0.25) is 5.60 Å². The number of aliphatic hydroxyl groups is 1. The molecule has 1 N–H and O–H groups in total. The molecule has 0 spiro atoms. The zero-order valence-electron chi connectivity index (χ0n) is 11.1. The first kappa shape index (κ1) is 21.1. The summed E-state index contributed by atoms with van der Waals surface area (Å²) in [7, 11) is 0. The van der Waals surface area contributed by atoms with Gasteiger partial charge in [0, 0.05) is 12.0 Å². The van der Waals surface area contributed by atoms with Crippen LogP contribution in [0.5, 0.6) is 0 Å². The minimum Gasteiger partial charge on any atom is -0.456 e. The SMILES string of the molecule is C=C(C)C(=O)OC(C)(C)CC(O)(C(F)F)C(F)(F)F.F. The highest BCUT2D eigenvalue weighted by molar-refractivity contribution is 5.87. The molecule has 0 aromatic heterocycles. The lowest BCUT2D eigenvalue weighted by molar-refractivity contribution is -0.310. The molecule has 0 saturated heterocycles. The fourth-order valence-corrected chi connectivity index (χ4v) is 1.32. The van der Waals surface area contributed by atoms with Crippen molar-refractivity contribution in [2.45, 2.75) is 51.0 Å². The summed E-state index contributed by atoms with van der Waals surface area (Å²) in [6.07, 6.45) is -11.1. The molecule has 0 heterocycles. The number of hydrogen-bond donors (Lipinski definition) is 1. The number of ether oxygens (including phenoxy) is 1. The van der Waals surface area contributed by atoms with E-state index in [-0.39, 0.29) is 10.3 Å². The molecule has 3 nitrogen and oxygen atoms in total. The van der Waals surface area contributed by atoms with Gasteiger partial charge in [-0.3, -0.25) is 4.70 Å². The number of halogens is 6. The molecule has 0 aliphatic carbocycles. The quantitative estimate of drug-likeness (QED) is 0.482. The Bertz CT molecular complexity index is 364. The van der Waals surface area contributed by atoms with Crippen LogP contribution >= 0.6 is 0 Å². The first-order valence-corrected chi connectivity index (χ1v) is 5.19. The van der Waals surface area contributed by atoms with Crippen molar-refractivity contribution in [3.05, 3.63) is 12.2 Å². The summed E-state index contributed by atoms with van der Waals surface area (Å²) in [6, 6.07) is 0. The van der Waals surface area contributed by atoms with Crippen molar-refractivity contribution < 1.29 is 41.3 Å². The third-order valence-corrected chi connectivity index (χ3v) is 2.26. The average Bonchev–Trinajstić information content (AvgIpc) is 2.13. The lowest BCUT2D eigenvalue weighted by Crippen LogP contribution is -2.55. The van der Waals surface area contributed by atoms with Crippen LogP contribution in [0, 0.1) is 0 Å². The van der Waals surface area contributed by atoms with E-state index in [1.165, 1.54) is 6.92 Å². The summed E-state index contributed by atoms with van der Waals surface area (Å²) in [6.45, 7) is 6.45. The maximum absolute atomic E-state index is 12.5. The first-order valence-electron chi connectivity index (χ1n) is 5.19. The van der Waals surface area contributed by atoms with E-state index in [2.05, 4.69) is 11.3 Å². The van der Waals surface area contributed by atoms with E-state index in [1.807, 2.05) is 0 Å². The standard InChI is InChI=1S/C11H15F5O3.FH/c1-6(2)7(17)19-9(3,4)5-10(18,8(12)13)11(14,15)16;/h8,18H,1,5H2,2-4H3;1H. The van der Waals surface area contributed by atoms with Gasteiger partial charge in [0.05, 0.1) is 0 Å². The molecule has 0 aromatic carbocycles. The second-order valence-electron chi connectivity index (χ2n) is 4.83.